The highest BCUT2D eigenvalue weighted by molar-refractivity contribution is 9.10. The number of hydrogen-bond acceptors (Lipinski definition) is 4. The Balaban J connectivity index is 2.60. The van der Waals surface area contributed by atoms with Crippen molar-refractivity contribution in [3.05, 3.63) is 28.2 Å². The highest BCUT2D eigenvalue weighted by Crippen LogP contribution is 2.20. The molecular formula is C12H15BrN2O3. The molecule has 0 aromatic heterocycles. The first-order valence-electron chi connectivity index (χ1n) is 5.41. The van der Waals surface area contributed by atoms with Gasteiger partial charge in [0.2, 0.25) is 0 Å². The van der Waals surface area contributed by atoms with Crippen LogP contribution in [-0.2, 0) is 9.53 Å². The van der Waals surface area contributed by atoms with Crippen LogP contribution in [0.1, 0.15) is 24.2 Å². The van der Waals surface area contributed by atoms with Gasteiger partial charge in [-0.25, -0.2) is 4.79 Å². The number of ether oxygens (including phenoxy) is 1. The first-order valence-corrected chi connectivity index (χ1v) is 6.21. The third-order valence-corrected chi connectivity index (χ3v) is 2.69. The molecule has 0 aliphatic rings. The molecule has 98 valence electrons. The molecule has 18 heavy (non-hydrogen) atoms. The summed E-state index contributed by atoms with van der Waals surface area (Å²) in [6, 6.07) is 4.81. The van der Waals surface area contributed by atoms with Crippen molar-refractivity contribution < 1.29 is 14.3 Å². The zero-order chi connectivity index (χ0) is 13.7. The molecule has 3 N–H and O–H groups in total. The maximum atomic E-state index is 11.7. The molecule has 0 heterocycles. The third-order valence-electron chi connectivity index (χ3n) is 1.99. The van der Waals surface area contributed by atoms with E-state index in [0.717, 1.165) is 0 Å². The van der Waals surface area contributed by atoms with Gasteiger partial charge in [-0.1, -0.05) is 0 Å². The molecule has 0 fully saturated rings. The monoisotopic (exact) mass is 314 g/mol. The Kier molecular flexibility index (Phi) is 5.15. The summed E-state index contributed by atoms with van der Waals surface area (Å²) in [5, 5.41) is 2.62. The number of hydrogen-bond donors (Lipinski definition) is 2. The van der Waals surface area contributed by atoms with Gasteiger partial charge in [0.25, 0.3) is 5.91 Å². The molecule has 1 amide bonds. The van der Waals surface area contributed by atoms with Crippen molar-refractivity contribution in [1.29, 1.82) is 0 Å². The van der Waals surface area contributed by atoms with Crippen molar-refractivity contribution in [3.8, 4) is 0 Å². The van der Waals surface area contributed by atoms with E-state index < -0.39 is 5.97 Å². The number of halogens is 1. The molecule has 5 nitrogen and oxygen atoms in total. The summed E-state index contributed by atoms with van der Waals surface area (Å²) in [4.78, 5) is 23.0. The number of rotatable bonds is 4. The van der Waals surface area contributed by atoms with Gasteiger partial charge >= 0.3 is 5.97 Å². The maximum absolute atomic E-state index is 11.7. The molecule has 1 rings (SSSR count). The van der Waals surface area contributed by atoms with E-state index in [1.807, 2.05) is 13.8 Å². The molecule has 0 bridgehead atoms. The lowest BCUT2D eigenvalue weighted by molar-refractivity contribution is -0.124. The fourth-order valence-corrected chi connectivity index (χ4v) is 1.68. The molecule has 1 aromatic carbocycles. The average molecular weight is 315 g/mol. The Bertz CT molecular complexity index is 461. The molecule has 6 heteroatoms. The van der Waals surface area contributed by atoms with E-state index in [0.29, 0.717) is 15.7 Å². The average Bonchev–Trinajstić information content (AvgIpc) is 2.28. The molecular weight excluding hydrogens is 300 g/mol. The highest BCUT2D eigenvalue weighted by Gasteiger charge is 2.14. The van der Waals surface area contributed by atoms with Crippen LogP contribution in [0.4, 0.5) is 5.69 Å². The van der Waals surface area contributed by atoms with E-state index >= 15 is 0 Å². The van der Waals surface area contributed by atoms with Gasteiger partial charge in [0.1, 0.15) is 0 Å². The fourth-order valence-electron chi connectivity index (χ4n) is 1.27. The minimum Gasteiger partial charge on any atom is -0.452 e. The van der Waals surface area contributed by atoms with E-state index in [9.17, 15) is 9.59 Å². The van der Waals surface area contributed by atoms with E-state index in [4.69, 9.17) is 10.5 Å². The number of anilines is 1. The summed E-state index contributed by atoms with van der Waals surface area (Å²) in [5.74, 6) is -0.925. The van der Waals surface area contributed by atoms with E-state index in [1.165, 1.54) is 6.07 Å². The lowest BCUT2D eigenvalue weighted by Crippen LogP contribution is -2.34. The van der Waals surface area contributed by atoms with Gasteiger partial charge in [0, 0.05) is 16.2 Å². The largest absolute Gasteiger partial charge is 0.452 e. The number of nitrogens with two attached hydrogens (primary N) is 1. The maximum Gasteiger partial charge on any atom is 0.339 e. The highest BCUT2D eigenvalue weighted by atomic mass is 79.9. The van der Waals surface area contributed by atoms with Crippen molar-refractivity contribution in [2.45, 2.75) is 19.9 Å². The van der Waals surface area contributed by atoms with Crippen LogP contribution >= 0.6 is 15.9 Å². The minimum absolute atomic E-state index is 0.00954. The standard InChI is InChI=1S/C12H15BrN2O3/c1-7(2)15-11(16)6-18-12(17)9-5-8(14)3-4-10(9)13/h3-5,7H,6,14H2,1-2H3,(H,15,16). The topological polar surface area (TPSA) is 81.4 Å². The zero-order valence-corrected chi connectivity index (χ0v) is 11.8. The van der Waals surface area contributed by atoms with Gasteiger partial charge in [-0.05, 0) is 48.0 Å². The number of esters is 1. The molecule has 0 unspecified atom stereocenters. The zero-order valence-electron chi connectivity index (χ0n) is 10.2. The van der Waals surface area contributed by atoms with Crippen LogP contribution < -0.4 is 11.1 Å². The van der Waals surface area contributed by atoms with Crippen LogP contribution in [0.2, 0.25) is 0 Å². The number of nitrogen functional groups attached to an aromatic ring is 1. The molecule has 0 atom stereocenters. The SMILES string of the molecule is CC(C)NC(=O)COC(=O)c1cc(N)ccc1Br. The summed E-state index contributed by atoms with van der Waals surface area (Å²) >= 11 is 3.22. The lowest BCUT2D eigenvalue weighted by Gasteiger charge is -2.09. The Labute approximate surface area is 114 Å². The first kappa shape index (κ1) is 14.5. The molecule has 0 saturated heterocycles. The summed E-state index contributed by atoms with van der Waals surface area (Å²) in [6.45, 7) is 3.35. The number of nitrogens with one attached hydrogen (secondary N) is 1. The van der Waals surface area contributed by atoms with Crippen molar-refractivity contribution in [3.63, 3.8) is 0 Å². The van der Waals surface area contributed by atoms with E-state index in [1.54, 1.807) is 12.1 Å². The third kappa shape index (κ3) is 4.37. The number of amides is 1. The Morgan fingerprint density at radius 1 is 1.44 bits per heavy atom. The molecule has 1 aromatic rings. The fraction of sp³-hybridized carbons (Fsp3) is 0.333. The molecule has 0 spiro atoms. The molecule has 0 radical (unpaired) electrons. The van der Waals surface area contributed by atoms with E-state index in [2.05, 4.69) is 21.2 Å². The first-order chi connectivity index (χ1) is 8.40. The van der Waals surface area contributed by atoms with Gasteiger partial charge in [0.15, 0.2) is 6.61 Å². The Morgan fingerprint density at radius 3 is 2.72 bits per heavy atom. The van der Waals surface area contributed by atoms with Gasteiger partial charge in [-0.15, -0.1) is 0 Å². The Hall–Kier alpha value is -1.56. The predicted octanol–water partition coefficient (Wildman–Crippen LogP) is 1.71. The van der Waals surface area contributed by atoms with Crippen molar-refractivity contribution in [2.24, 2.45) is 0 Å². The predicted molar refractivity (Wildman–Crippen MR) is 72.1 cm³/mol. The second-order valence-corrected chi connectivity index (χ2v) is 4.89. The molecule has 0 aliphatic carbocycles. The van der Waals surface area contributed by atoms with Crippen LogP contribution in [0, 0.1) is 0 Å². The number of benzene rings is 1. The van der Waals surface area contributed by atoms with Gasteiger partial charge < -0.3 is 15.8 Å². The van der Waals surface area contributed by atoms with Crippen LogP contribution in [0.25, 0.3) is 0 Å². The number of carbonyl (C=O) groups excluding carboxylic acids is 2. The van der Waals surface area contributed by atoms with Gasteiger partial charge in [-0.3, -0.25) is 4.79 Å². The van der Waals surface area contributed by atoms with Crippen molar-refractivity contribution >= 4 is 33.5 Å². The van der Waals surface area contributed by atoms with Crippen molar-refractivity contribution in [1.82, 2.24) is 5.32 Å². The lowest BCUT2D eigenvalue weighted by atomic mass is 10.2. The van der Waals surface area contributed by atoms with Crippen molar-refractivity contribution in [2.75, 3.05) is 12.3 Å². The second kappa shape index (κ2) is 6.39. The molecule has 0 saturated carbocycles. The minimum atomic E-state index is -0.590. The summed E-state index contributed by atoms with van der Waals surface area (Å²) < 4.78 is 5.47. The quantitative estimate of drug-likeness (QED) is 0.655. The molecule has 0 aliphatic heterocycles. The Morgan fingerprint density at radius 2 is 2.11 bits per heavy atom. The summed E-state index contributed by atoms with van der Waals surface area (Å²) in [5.41, 5.74) is 6.33. The number of carbonyl (C=O) groups is 2. The second-order valence-electron chi connectivity index (χ2n) is 4.04. The van der Waals surface area contributed by atoms with Crippen LogP contribution in [0.5, 0.6) is 0 Å². The summed E-state index contributed by atoms with van der Waals surface area (Å²) in [6.07, 6.45) is 0. The van der Waals surface area contributed by atoms with Crippen LogP contribution in [-0.4, -0.2) is 24.5 Å². The van der Waals surface area contributed by atoms with Crippen LogP contribution in [0.3, 0.4) is 0 Å². The van der Waals surface area contributed by atoms with Gasteiger partial charge in [0.05, 0.1) is 5.56 Å². The van der Waals surface area contributed by atoms with E-state index in [-0.39, 0.29) is 18.6 Å². The van der Waals surface area contributed by atoms with Crippen LogP contribution in [0.15, 0.2) is 22.7 Å². The smallest absolute Gasteiger partial charge is 0.339 e. The van der Waals surface area contributed by atoms with Gasteiger partial charge in [-0.2, -0.15) is 0 Å². The summed E-state index contributed by atoms with van der Waals surface area (Å²) in [7, 11) is 0. The normalized spacial score (nSPS) is 10.2.